The molecule has 1 fully saturated rings. The van der Waals surface area contributed by atoms with Gasteiger partial charge < -0.3 is 10.5 Å². The molecule has 0 saturated heterocycles. The standard InChI is InChI=1S/C13H18FNO/c1-9-5-6-10(14)11(12(9)16-2)13(15)7-3-4-8-13/h5-6H,3-4,7-8,15H2,1-2H3. The summed E-state index contributed by atoms with van der Waals surface area (Å²) in [6.07, 6.45) is 3.80. The van der Waals surface area contributed by atoms with Crippen LogP contribution >= 0.6 is 0 Å². The van der Waals surface area contributed by atoms with E-state index in [1.807, 2.05) is 6.92 Å². The quantitative estimate of drug-likeness (QED) is 0.836. The van der Waals surface area contributed by atoms with E-state index in [0.29, 0.717) is 11.3 Å². The van der Waals surface area contributed by atoms with E-state index < -0.39 is 5.54 Å². The van der Waals surface area contributed by atoms with Crippen LogP contribution in [0.5, 0.6) is 5.75 Å². The van der Waals surface area contributed by atoms with E-state index in [4.69, 9.17) is 10.5 Å². The first-order valence-electron chi connectivity index (χ1n) is 5.71. The van der Waals surface area contributed by atoms with Crippen LogP contribution in [0.3, 0.4) is 0 Å². The summed E-state index contributed by atoms with van der Waals surface area (Å²) in [6, 6.07) is 3.22. The molecule has 3 heteroatoms. The molecule has 0 amide bonds. The van der Waals surface area contributed by atoms with E-state index in [9.17, 15) is 4.39 Å². The lowest BCUT2D eigenvalue weighted by Gasteiger charge is -2.27. The van der Waals surface area contributed by atoms with E-state index in [1.54, 1.807) is 13.2 Å². The van der Waals surface area contributed by atoms with Crippen molar-refractivity contribution in [1.82, 2.24) is 0 Å². The summed E-state index contributed by atoms with van der Waals surface area (Å²) < 4.78 is 19.3. The Morgan fingerprint density at radius 1 is 1.31 bits per heavy atom. The van der Waals surface area contributed by atoms with Crippen molar-refractivity contribution in [1.29, 1.82) is 0 Å². The fourth-order valence-corrected chi connectivity index (χ4v) is 2.65. The van der Waals surface area contributed by atoms with E-state index in [1.165, 1.54) is 6.07 Å². The van der Waals surface area contributed by atoms with Crippen LogP contribution in [0.15, 0.2) is 12.1 Å². The largest absolute Gasteiger partial charge is 0.496 e. The maximum Gasteiger partial charge on any atom is 0.131 e. The topological polar surface area (TPSA) is 35.2 Å². The molecule has 2 rings (SSSR count). The van der Waals surface area contributed by atoms with Crippen molar-refractivity contribution in [3.8, 4) is 5.75 Å². The van der Waals surface area contributed by atoms with Gasteiger partial charge in [-0.3, -0.25) is 0 Å². The molecule has 0 atom stereocenters. The number of hydrogen-bond donors (Lipinski definition) is 1. The van der Waals surface area contributed by atoms with Gasteiger partial charge in [-0.15, -0.1) is 0 Å². The Kier molecular flexibility index (Phi) is 2.89. The van der Waals surface area contributed by atoms with Crippen molar-refractivity contribution in [2.45, 2.75) is 38.1 Å². The lowest BCUT2D eigenvalue weighted by molar-refractivity contribution is 0.363. The molecule has 88 valence electrons. The van der Waals surface area contributed by atoms with E-state index in [2.05, 4.69) is 0 Å². The Balaban J connectivity index is 2.57. The maximum atomic E-state index is 14.0. The predicted molar refractivity (Wildman–Crippen MR) is 62.0 cm³/mol. The lowest BCUT2D eigenvalue weighted by Crippen LogP contribution is -2.34. The number of rotatable bonds is 2. The zero-order valence-corrected chi connectivity index (χ0v) is 9.85. The second-order valence-electron chi connectivity index (χ2n) is 4.64. The third-order valence-corrected chi connectivity index (χ3v) is 3.50. The minimum atomic E-state index is -0.540. The molecule has 1 saturated carbocycles. The normalized spacial score (nSPS) is 18.8. The molecule has 0 heterocycles. The molecule has 2 nitrogen and oxygen atoms in total. The van der Waals surface area contributed by atoms with Crippen molar-refractivity contribution < 1.29 is 9.13 Å². The molecule has 2 N–H and O–H groups in total. The summed E-state index contributed by atoms with van der Waals surface area (Å²) in [5.74, 6) is 0.372. The highest BCUT2D eigenvalue weighted by Crippen LogP contribution is 2.42. The van der Waals surface area contributed by atoms with Crippen LogP contribution in [0.2, 0.25) is 0 Å². The summed E-state index contributed by atoms with van der Waals surface area (Å²) in [7, 11) is 1.57. The van der Waals surface area contributed by atoms with Crippen LogP contribution in [0.1, 0.15) is 36.8 Å². The number of methoxy groups -OCH3 is 1. The Hall–Kier alpha value is -1.09. The van der Waals surface area contributed by atoms with Gasteiger partial charge in [0.15, 0.2) is 0 Å². The molecule has 0 spiro atoms. The molecule has 16 heavy (non-hydrogen) atoms. The fraction of sp³-hybridized carbons (Fsp3) is 0.538. The molecule has 1 aliphatic rings. The highest BCUT2D eigenvalue weighted by Gasteiger charge is 2.36. The molecule has 0 aromatic heterocycles. The van der Waals surface area contributed by atoms with Crippen LogP contribution in [0.4, 0.5) is 4.39 Å². The first kappa shape index (κ1) is 11.4. The Morgan fingerprint density at radius 3 is 2.50 bits per heavy atom. The summed E-state index contributed by atoms with van der Waals surface area (Å²) in [4.78, 5) is 0. The summed E-state index contributed by atoms with van der Waals surface area (Å²) in [5, 5.41) is 0. The molecule has 1 aliphatic carbocycles. The number of hydrogen-bond acceptors (Lipinski definition) is 2. The van der Waals surface area contributed by atoms with Crippen LogP contribution in [-0.4, -0.2) is 7.11 Å². The van der Waals surface area contributed by atoms with Crippen molar-refractivity contribution in [3.63, 3.8) is 0 Å². The van der Waals surface area contributed by atoms with Gasteiger partial charge in [0.05, 0.1) is 7.11 Å². The van der Waals surface area contributed by atoms with Gasteiger partial charge in [0.2, 0.25) is 0 Å². The smallest absolute Gasteiger partial charge is 0.131 e. The number of benzene rings is 1. The van der Waals surface area contributed by atoms with Crippen molar-refractivity contribution in [2.24, 2.45) is 5.73 Å². The minimum Gasteiger partial charge on any atom is -0.496 e. The van der Waals surface area contributed by atoms with Gasteiger partial charge in [0.25, 0.3) is 0 Å². The summed E-state index contributed by atoms with van der Waals surface area (Å²) in [6.45, 7) is 1.92. The number of nitrogens with two attached hydrogens (primary N) is 1. The van der Waals surface area contributed by atoms with Crippen LogP contribution in [0.25, 0.3) is 0 Å². The Morgan fingerprint density at radius 2 is 1.94 bits per heavy atom. The monoisotopic (exact) mass is 223 g/mol. The molecule has 0 radical (unpaired) electrons. The fourth-order valence-electron chi connectivity index (χ4n) is 2.65. The van der Waals surface area contributed by atoms with Gasteiger partial charge in [-0.1, -0.05) is 18.9 Å². The summed E-state index contributed by atoms with van der Waals surface area (Å²) in [5.41, 5.74) is 7.27. The molecular weight excluding hydrogens is 205 g/mol. The average molecular weight is 223 g/mol. The highest BCUT2D eigenvalue weighted by atomic mass is 19.1. The molecular formula is C13H18FNO. The molecule has 0 unspecified atom stereocenters. The van der Waals surface area contributed by atoms with Gasteiger partial charge in [-0.2, -0.15) is 0 Å². The molecule has 1 aromatic rings. The maximum absolute atomic E-state index is 14.0. The van der Waals surface area contributed by atoms with Gasteiger partial charge in [-0.05, 0) is 31.4 Å². The van der Waals surface area contributed by atoms with Gasteiger partial charge in [-0.25, -0.2) is 4.39 Å². The first-order valence-corrected chi connectivity index (χ1v) is 5.71. The first-order chi connectivity index (χ1) is 7.58. The van der Waals surface area contributed by atoms with Crippen LogP contribution in [-0.2, 0) is 5.54 Å². The van der Waals surface area contributed by atoms with Gasteiger partial charge in [0.1, 0.15) is 11.6 Å². The zero-order valence-electron chi connectivity index (χ0n) is 9.85. The van der Waals surface area contributed by atoms with Gasteiger partial charge in [0, 0.05) is 11.1 Å². The number of halogens is 1. The van der Waals surface area contributed by atoms with Crippen LogP contribution in [0, 0.1) is 12.7 Å². The number of ether oxygens (including phenoxy) is 1. The molecule has 0 bridgehead atoms. The molecule has 0 aliphatic heterocycles. The number of aryl methyl sites for hydroxylation is 1. The van der Waals surface area contributed by atoms with Crippen molar-refractivity contribution >= 4 is 0 Å². The Labute approximate surface area is 95.6 Å². The van der Waals surface area contributed by atoms with E-state index in [0.717, 1.165) is 31.2 Å². The van der Waals surface area contributed by atoms with E-state index in [-0.39, 0.29) is 5.82 Å². The minimum absolute atomic E-state index is 0.244. The van der Waals surface area contributed by atoms with Crippen LogP contribution < -0.4 is 10.5 Å². The molecule has 1 aromatic carbocycles. The van der Waals surface area contributed by atoms with Crippen molar-refractivity contribution in [2.75, 3.05) is 7.11 Å². The van der Waals surface area contributed by atoms with Gasteiger partial charge >= 0.3 is 0 Å². The predicted octanol–water partition coefficient (Wildman–Crippen LogP) is 2.87. The lowest BCUT2D eigenvalue weighted by atomic mass is 9.87. The van der Waals surface area contributed by atoms with E-state index >= 15 is 0 Å². The zero-order chi connectivity index (χ0) is 11.8. The second-order valence-corrected chi connectivity index (χ2v) is 4.64. The van der Waals surface area contributed by atoms with Crippen molar-refractivity contribution in [3.05, 3.63) is 29.1 Å². The average Bonchev–Trinajstić information content (AvgIpc) is 2.69. The Bertz CT molecular complexity index is 397. The third-order valence-electron chi connectivity index (χ3n) is 3.50. The highest BCUT2D eigenvalue weighted by molar-refractivity contribution is 5.46. The second kappa shape index (κ2) is 4.06. The summed E-state index contributed by atoms with van der Waals surface area (Å²) >= 11 is 0. The third kappa shape index (κ3) is 1.69. The SMILES string of the molecule is COc1c(C)ccc(F)c1C1(N)CCCC1.